The number of pyridine rings is 1. The predicted molar refractivity (Wildman–Crippen MR) is 133 cm³/mol. The van der Waals surface area contributed by atoms with Gasteiger partial charge in [-0.05, 0) is 30.2 Å². The summed E-state index contributed by atoms with van der Waals surface area (Å²) in [6.07, 6.45) is -6.54. The number of carbonyl (C=O) groups is 3. The van der Waals surface area contributed by atoms with Crippen molar-refractivity contribution in [2.45, 2.75) is 43.6 Å². The first-order valence-corrected chi connectivity index (χ1v) is 12.3. The number of likely N-dealkylation sites (tertiary alicyclic amines) is 1. The van der Waals surface area contributed by atoms with Crippen LogP contribution >= 0.6 is 0 Å². The second-order valence-corrected chi connectivity index (χ2v) is 8.99. The lowest BCUT2D eigenvalue weighted by molar-refractivity contribution is -0.193. The highest BCUT2D eigenvalue weighted by molar-refractivity contribution is 5.73. The third-order valence-corrected chi connectivity index (χ3v) is 5.94. The highest BCUT2D eigenvalue weighted by Crippen LogP contribution is 2.34. The average Bonchev–Trinajstić information content (AvgIpc) is 3.36. The minimum Gasteiger partial charge on any atom is -0.475 e. The molecule has 0 unspecified atom stereocenters. The van der Waals surface area contributed by atoms with Crippen molar-refractivity contribution in [3.8, 4) is 0 Å². The third-order valence-electron chi connectivity index (χ3n) is 5.94. The van der Waals surface area contributed by atoms with Crippen molar-refractivity contribution < 1.29 is 74.0 Å². The Bertz CT molecular complexity index is 1160. The normalized spacial score (nSPS) is 19.8. The summed E-state index contributed by atoms with van der Waals surface area (Å²) in [6.45, 7) is 3.97. The first kappa shape index (κ1) is 38.8. The summed E-state index contributed by atoms with van der Waals surface area (Å²) in [4.78, 5) is 44.6. The van der Waals surface area contributed by atoms with Crippen LogP contribution in [0.1, 0.15) is 12.0 Å². The zero-order valence-electron chi connectivity index (χ0n) is 22.9. The molecule has 2 fully saturated rings. The van der Waals surface area contributed by atoms with E-state index in [1.165, 1.54) is 5.56 Å². The van der Waals surface area contributed by atoms with E-state index in [-0.39, 0.29) is 0 Å². The molecular formula is C24H26F9N5O7. The van der Waals surface area contributed by atoms with Gasteiger partial charge in [0.05, 0.1) is 12.1 Å². The molecule has 45 heavy (non-hydrogen) atoms. The minimum atomic E-state index is -5.08. The first-order valence-electron chi connectivity index (χ1n) is 12.3. The number of ether oxygens (including phenoxy) is 1. The molecule has 0 amide bonds. The van der Waals surface area contributed by atoms with Gasteiger partial charge in [-0.25, -0.2) is 24.4 Å². The van der Waals surface area contributed by atoms with E-state index in [0.717, 1.165) is 38.5 Å². The number of nitrogens with zero attached hydrogens (tertiary/aromatic N) is 5. The number of hydrogen-bond acceptors (Lipinski definition) is 9. The van der Waals surface area contributed by atoms with E-state index < -0.39 is 36.4 Å². The van der Waals surface area contributed by atoms with Crippen molar-refractivity contribution in [1.29, 1.82) is 0 Å². The van der Waals surface area contributed by atoms with Crippen LogP contribution in [0, 0.1) is 5.92 Å². The molecule has 21 heteroatoms. The van der Waals surface area contributed by atoms with Gasteiger partial charge in [0.2, 0.25) is 5.95 Å². The zero-order valence-corrected chi connectivity index (χ0v) is 22.9. The highest BCUT2D eigenvalue weighted by Gasteiger charge is 2.45. The van der Waals surface area contributed by atoms with Crippen molar-refractivity contribution in [2.24, 2.45) is 5.92 Å². The maximum absolute atomic E-state index is 10.6. The maximum atomic E-state index is 10.6. The van der Waals surface area contributed by atoms with Crippen LogP contribution in [-0.2, 0) is 25.7 Å². The van der Waals surface area contributed by atoms with Gasteiger partial charge >= 0.3 is 36.4 Å². The van der Waals surface area contributed by atoms with E-state index in [0.29, 0.717) is 18.1 Å². The van der Waals surface area contributed by atoms with E-state index in [2.05, 4.69) is 36.9 Å². The van der Waals surface area contributed by atoms with Crippen molar-refractivity contribution in [3.63, 3.8) is 0 Å². The number of hydrogen-bond donors (Lipinski definition) is 3. The van der Waals surface area contributed by atoms with E-state index in [4.69, 9.17) is 34.4 Å². The van der Waals surface area contributed by atoms with Gasteiger partial charge in [-0.15, -0.1) is 0 Å². The number of alkyl halides is 9. The molecule has 252 valence electrons. The Morgan fingerprint density at radius 2 is 1.27 bits per heavy atom. The molecule has 2 aliphatic heterocycles. The summed E-state index contributed by atoms with van der Waals surface area (Å²) < 4.78 is 101. The van der Waals surface area contributed by atoms with Gasteiger partial charge in [-0.3, -0.25) is 9.88 Å². The van der Waals surface area contributed by atoms with Gasteiger partial charge < -0.3 is 25.0 Å². The van der Waals surface area contributed by atoms with Gasteiger partial charge in [0, 0.05) is 64.0 Å². The number of piperidine rings is 1. The number of aliphatic carboxylic acids is 3. The smallest absolute Gasteiger partial charge is 0.475 e. The van der Waals surface area contributed by atoms with Gasteiger partial charge in [0.1, 0.15) is 0 Å². The van der Waals surface area contributed by atoms with E-state index in [9.17, 15) is 39.5 Å². The quantitative estimate of drug-likeness (QED) is 0.407. The second-order valence-electron chi connectivity index (χ2n) is 8.99. The fourth-order valence-corrected chi connectivity index (χ4v) is 4.09. The molecule has 12 nitrogen and oxygen atoms in total. The van der Waals surface area contributed by atoms with Crippen LogP contribution in [0.5, 0.6) is 0 Å². The van der Waals surface area contributed by atoms with Crippen molar-refractivity contribution in [2.75, 3.05) is 31.6 Å². The monoisotopic (exact) mass is 667 g/mol. The molecule has 3 atom stereocenters. The van der Waals surface area contributed by atoms with Crippen molar-refractivity contribution in [3.05, 3.63) is 48.5 Å². The number of carboxylic acid groups (broad SMARTS) is 3. The summed E-state index contributed by atoms with van der Waals surface area (Å²) in [7, 11) is 1.84. The van der Waals surface area contributed by atoms with Crippen LogP contribution in [-0.4, -0.2) is 110 Å². The van der Waals surface area contributed by atoms with Gasteiger partial charge in [-0.1, -0.05) is 0 Å². The molecule has 2 aromatic rings. The predicted octanol–water partition coefficient (Wildman–Crippen LogP) is 3.50. The molecule has 0 spiro atoms. The number of anilines is 1. The highest BCUT2D eigenvalue weighted by atomic mass is 19.4. The van der Waals surface area contributed by atoms with Crippen molar-refractivity contribution in [1.82, 2.24) is 19.9 Å². The maximum Gasteiger partial charge on any atom is 0.490 e. The third kappa shape index (κ3) is 13.5. The molecule has 0 aromatic carbocycles. The number of fused-ring (bicyclic) bond motifs is 1. The van der Waals surface area contributed by atoms with Crippen LogP contribution in [0.25, 0.3) is 0 Å². The van der Waals surface area contributed by atoms with E-state index >= 15 is 0 Å². The van der Waals surface area contributed by atoms with E-state index in [1.807, 2.05) is 38.0 Å². The molecule has 0 radical (unpaired) electrons. The lowest BCUT2D eigenvalue weighted by Crippen LogP contribution is -2.52. The molecule has 2 aromatic heterocycles. The molecule has 0 aliphatic carbocycles. The Morgan fingerprint density at radius 1 is 0.822 bits per heavy atom. The minimum absolute atomic E-state index is 0.317. The summed E-state index contributed by atoms with van der Waals surface area (Å²) in [6, 6.07) is 6.46. The molecule has 4 rings (SSSR count). The van der Waals surface area contributed by atoms with Crippen LogP contribution in [0.15, 0.2) is 43.0 Å². The largest absolute Gasteiger partial charge is 0.490 e. The SMILES string of the molecule is CO[C@@H]1CCN(c2ncccn2)[C@@H]2CN(Cc3ccncc3)C[C@@H]21.O=C(O)C(F)(F)F.O=C(O)C(F)(F)F.O=C(O)C(F)(F)F. The summed E-state index contributed by atoms with van der Waals surface area (Å²) in [5, 5.41) is 21.4. The molecular weight excluding hydrogens is 641 g/mol. The fourth-order valence-electron chi connectivity index (χ4n) is 4.09. The second kappa shape index (κ2) is 16.7. The topological polar surface area (TPSA) is 166 Å². The Kier molecular flexibility index (Phi) is 14.4. The Hall–Kier alpha value is -4.27. The molecule has 0 saturated carbocycles. The van der Waals surface area contributed by atoms with Gasteiger partial charge in [0.15, 0.2) is 0 Å². The summed E-state index contributed by atoms with van der Waals surface area (Å²) in [5.41, 5.74) is 1.31. The van der Waals surface area contributed by atoms with Crippen LogP contribution in [0.2, 0.25) is 0 Å². The molecule has 2 aliphatic rings. The van der Waals surface area contributed by atoms with E-state index in [1.54, 1.807) is 0 Å². The number of aromatic nitrogens is 3. The molecule has 3 N–H and O–H groups in total. The Morgan fingerprint density at radius 3 is 1.67 bits per heavy atom. The van der Waals surface area contributed by atoms with Gasteiger partial charge in [0.25, 0.3) is 0 Å². The standard InChI is InChI=1S/C18H23N5O.3C2HF3O2/c1-24-17-5-10-23(18-20-6-2-7-21-18)16-13-22(12-15(16)17)11-14-3-8-19-9-4-14;3*3-2(4,5)1(6)7/h2-4,6-9,15-17H,5,10-13H2,1H3;3*(H,6,7)/t15-,16+,17+;;;/m0.../s1. The summed E-state index contributed by atoms with van der Waals surface area (Å²) >= 11 is 0. The number of carboxylic acids is 3. The Labute approximate surface area is 248 Å². The lowest BCUT2D eigenvalue weighted by Gasteiger charge is -2.41. The van der Waals surface area contributed by atoms with Gasteiger partial charge in [-0.2, -0.15) is 39.5 Å². The fraction of sp³-hybridized carbons (Fsp3) is 0.500. The van der Waals surface area contributed by atoms with Crippen molar-refractivity contribution >= 4 is 23.9 Å². The van der Waals surface area contributed by atoms with Crippen LogP contribution in [0.4, 0.5) is 45.5 Å². The number of halogens is 9. The Balaban J connectivity index is 0.000000396. The molecule has 2 saturated heterocycles. The first-order chi connectivity index (χ1) is 20.7. The number of rotatable bonds is 4. The summed E-state index contributed by atoms with van der Waals surface area (Å²) in [5.74, 6) is -6.94. The number of methoxy groups -OCH3 is 1. The van der Waals surface area contributed by atoms with Crippen LogP contribution in [0.3, 0.4) is 0 Å². The average molecular weight is 667 g/mol. The molecule has 0 bridgehead atoms. The lowest BCUT2D eigenvalue weighted by atomic mass is 9.89. The molecule has 4 heterocycles. The van der Waals surface area contributed by atoms with Crippen LogP contribution < -0.4 is 4.90 Å². The zero-order chi connectivity index (χ0) is 34.6.